The molecule has 0 bridgehead atoms. The summed E-state index contributed by atoms with van der Waals surface area (Å²) in [6.07, 6.45) is 4.75. The van der Waals surface area contributed by atoms with Gasteiger partial charge in [-0.05, 0) is 42.7 Å². The van der Waals surface area contributed by atoms with E-state index in [1.165, 1.54) is 18.4 Å². The van der Waals surface area contributed by atoms with E-state index >= 15 is 0 Å². The van der Waals surface area contributed by atoms with Gasteiger partial charge in [-0.3, -0.25) is 9.78 Å². The summed E-state index contributed by atoms with van der Waals surface area (Å²) in [6.45, 7) is 4.04. The van der Waals surface area contributed by atoms with E-state index in [2.05, 4.69) is 10.1 Å². The average molecular weight is 339 g/mol. The van der Waals surface area contributed by atoms with Gasteiger partial charge in [0.2, 0.25) is 0 Å². The molecule has 1 atom stereocenters. The SMILES string of the molecule is CCN(C(=O)c1ccon1)[C@H](c1cccnc1)c1ccc(F)c(C)c1. The van der Waals surface area contributed by atoms with Crippen LogP contribution in [0.25, 0.3) is 0 Å². The van der Waals surface area contributed by atoms with Crippen LogP contribution in [0.3, 0.4) is 0 Å². The Morgan fingerprint density at radius 1 is 1.28 bits per heavy atom. The largest absolute Gasteiger partial charge is 0.364 e. The van der Waals surface area contributed by atoms with Gasteiger partial charge in [-0.2, -0.15) is 0 Å². The van der Waals surface area contributed by atoms with Crippen molar-refractivity contribution < 1.29 is 13.7 Å². The van der Waals surface area contributed by atoms with Crippen molar-refractivity contribution in [1.82, 2.24) is 15.0 Å². The van der Waals surface area contributed by atoms with Crippen molar-refractivity contribution in [2.75, 3.05) is 6.54 Å². The predicted octanol–water partition coefficient (Wildman–Crippen LogP) is 3.77. The number of nitrogens with zero attached hydrogens (tertiary/aromatic N) is 3. The molecule has 0 radical (unpaired) electrons. The molecule has 0 saturated carbocycles. The molecule has 0 aliphatic rings. The van der Waals surface area contributed by atoms with E-state index in [1.807, 2.05) is 19.1 Å². The van der Waals surface area contributed by atoms with Gasteiger partial charge in [-0.15, -0.1) is 0 Å². The number of hydrogen-bond donors (Lipinski definition) is 0. The number of carbonyl (C=O) groups excluding carboxylic acids is 1. The van der Waals surface area contributed by atoms with Crippen molar-refractivity contribution in [2.24, 2.45) is 0 Å². The van der Waals surface area contributed by atoms with Gasteiger partial charge in [0.25, 0.3) is 5.91 Å². The van der Waals surface area contributed by atoms with Crippen LogP contribution in [0, 0.1) is 12.7 Å². The Morgan fingerprint density at radius 2 is 2.12 bits per heavy atom. The number of benzene rings is 1. The first-order valence-electron chi connectivity index (χ1n) is 7.99. The standard InChI is InChI=1S/C19H18FN3O2/c1-3-23(19(24)17-8-10-25-22-17)18(15-5-4-9-21-12-15)14-6-7-16(20)13(2)11-14/h4-12,18H,3H2,1-2H3/t18-/m0/s1. The fourth-order valence-corrected chi connectivity index (χ4v) is 2.84. The summed E-state index contributed by atoms with van der Waals surface area (Å²) in [5, 5.41) is 3.74. The summed E-state index contributed by atoms with van der Waals surface area (Å²) in [5.74, 6) is -0.536. The van der Waals surface area contributed by atoms with Crippen molar-refractivity contribution >= 4 is 5.91 Å². The molecule has 0 spiro atoms. The number of aryl methyl sites for hydroxylation is 1. The highest BCUT2D eigenvalue weighted by Gasteiger charge is 2.28. The fraction of sp³-hybridized carbons (Fsp3) is 0.211. The quantitative estimate of drug-likeness (QED) is 0.710. The highest BCUT2D eigenvalue weighted by Crippen LogP contribution is 2.30. The topological polar surface area (TPSA) is 59.2 Å². The maximum absolute atomic E-state index is 13.7. The Labute approximate surface area is 145 Å². The summed E-state index contributed by atoms with van der Waals surface area (Å²) in [5.41, 5.74) is 2.41. The van der Waals surface area contributed by atoms with Crippen molar-refractivity contribution in [2.45, 2.75) is 19.9 Å². The molecule has 1 amide bonds. The van der Waals surface area contributed by atoms with Gasteiger partial charge >= 0.3 is 0 Å². The first-order valence-corrected chi connectivity index (χ1v) is 7.99. The average Bonchev–Trinajstić information content (AvgIpc) is 3.17. The van der Waals surface area contributed by atoms with Crippen LogP contribution in [0.15, 0.2) is 59.6 Å². The molecule has 128 valence electrons. The van der Waals surface area contributed by atoms with Gasteiger partial charge in [0.05, 0.1) is 6.04 Å². The molecule has 6 heteroatoms. The van der Waals surface area contributed by atoms with E-state index in [4.69, 9.17) is 4.52 Å². The number of halogens is 1. The third-order valence-corrected chi connectivity index (χ3v) is 4.07. The minimum atomic E-state index is -0.401. The van der Waals surface area contributed by atoms with Crippen LogP contribution in [0.4, 0.5) is 4.39 Å². The maximum atomic E-state index is 13.7. The van der Waals surface area contributed by atoms with Crippen molar-refractivity contribution in [1.29, 1.82) is 0 Å². The van der Waals surface area contributed by atoms with Gasteiger partial charge in [0.1, 0.15) is 12.1 Å². The van der Waals surface area contributed by atoms with Gasteiger partial charge < -0.3 is 9.42 Å². The Kier molecular flexibility index (Phi) is 4.88. The summed E-state index contributed by atoms with van der Waals surface area (Å²) in [6, 6.07) is 9.71. The van der Waals surface area contributed by atoms with E-state index < -0.39 is 6.04 Å². The van der Waals surface area contributed by atoms with Crippen LogP contribution in [-0.2, 0) is 0 Å². The number of pyridine rings is 1. The molecule has 0 aliphatic carbocycles. The summed E-state index contributed by atoms with van der Waals surface area (Å²) in [4.78, 5) is 18.7. The Hall–Kier alpha value is -3.02. The molecular weight excluding hydrogens is 321 g/mol. The lowest BCUT2D eigenvalue weighted by Crippen LogP contribution is -2.35. The van der Waals surface area contributed by atoms with Crippen LogP contribution < -0.4 is 0 Å². The zero-order chi connectivity index (χ0) is 17.8. The van der Waals surface area contributed by atoms with E-state index in [9.17, 15) is 9.18 Å². The smallest absolute Gasteiger partial charge is 0.276 e. The molecular formula is C19H18FN3O2. The summed E-state index contributed by atoms with van der Waals surface area (Å²) < 4.78 is 18.5. The molecule has 0 unspecified atom stereocenters. The molecule has 0 fully saturated rings. The van der Waals surface area contributed by atoms with E-state index in [1.54, 1.807) is 36.4 Å². The molecule has 5 nitrogen and oxygen atoms in total. The zero-order valence-corrected chi connectivity index (χ0v) is 14.0. The lowest BCUT2D eigenvalue weighted by molar-refractivity contribution is 0.0706. The van der Waals surface area contributed by atoms with Crippen LogP contribution in [0.2, 0.25) is 0 Å². The van der Waals surface area contributed by atoms with E-state index in [-0.39, 0.29) is 17.4 Å². The van der Waals surface area contributed by atoms with Crippen molar-refractivity contribution in [3.63, 3.8) is 0 Å². The molecule has 2 aromatic heterocycles. The Morgan fingerprint density at radius 3 is 2.72 bits per heavy atom. The number of rotatable bonds is 5. The first kappa shape index (κ1) is 16.8. The molecule has 0 saturated heterocycles. The second-order valence-electron chi connectivity index (χ2n) is 5.67. The number of carbonyl (C=O) groups is 1. The molecule has 25 heavy (non-hydrogen) atoms. The Balaban J connectivity index is 2.09. The molecule has 1 aromatic carbocycles. The number of amides is 1. The Bertz CT molecular complexity index is 850. The highest BCUT2D eigenvalue weighted by molar-refractivity contribution is 5.92. The number of hydrogen-bond acceptors (Lipinski definition) is 4. The second-order valence-corrected chi connectivity index (χ2v) is 5.67. The maximum Gasteiger partial charge on any atom is 0.276 e. The summed E-state index contributed by atoms with van der Waals surface area (Å²) >= 11 is 0. The van der Waals surface area contributed by atoms with Crippen molar-refractivity contribution in [3.05, 3.63) is 83.3 Å². The van der Waals surface area contributed by atoms with Gasteiger partial charge in [0.15, 0.2) is 5.69 Å². The third-order valence-electron chi connectivity index (χ3n) is 4.07. The molecule has 0 aliphatic heterocycles. The van der Waals surface area contributed by atoms with Crippen molar-refractivity contribution in [3.8, 4) is 0 Å². The monoisotopic (exact) mass is 339 g/mol. The van der Waals surface area contributed by atoms with E-state index in [0.717, 1.165) is 11.1 Å². The lowest BCUT2D eigenvalue weighted by atomic mass is 9.96. The zero-order valence-electron chi connectivity index (χ0n) is 14.0. The van der Waals surface area contributed by atoms with Crippen LogP contribution in [0.1, 0.15) is 40.1 Å². The van der Waals surface area contributed by atoms with E-state index in [0.29, 0.717) is 12.1 Å². The second kappa shape index (κ2) is 7.25. The van der Waals surface area contributed by atoms with Gasteiger partial charge in [-0.1, -0.05) is 23.4 Å². The first-order chi connectivity index (χ1) is 12.1. The molecule has 3 aromatic rings. The highest BCUT2D eigenvalue weighted by atomic mass is 19.1. The number of aromatic nitrogens is 2. The van der Waals surface area contributed by atoms with Crippen LogP contribution in [0.5, 0.6) is 0 Å². The minimum absolute atomic E-state index is 0.231. The van der Waals surface area contributed by atoms with Gasteiger partial charge in [0, 0.05) is 25.0 Å². The minimum Gasteiger partial charge on any atom is -0.364 e. The van der Waals surface area contributed by atoms with Gasteiger partial charge in [-0.25, -0.2) is 4.39 Å². The lowest BCUT2D eigenvalue weighted by Gasteiger charge is -2.31. The predicted molar refractivity (Wildman–Crippen MR) is 90.4 cm³/mol. The fourth-order valence-electron chi connectivity index (χ4n) is 2.84. The molecule has 0 N–H and O–H groups in total. The molecule has 3 rings (SSSR count). The normalized spacial score (nSPS) is 12.0. The summed E-state index contributed by atoms with van der Waals surface area (Å²) in [7, 11) is 0. The van der Waals surface area contributed by atoms with Crippen LogP contribution >= 0.6 is 0 Å². The molecule has 2 heterocycles. The van der Waals surface area contributed by atoms with Crippen LogP contribution in [-0.4, -0.2) is 27.5 Å². The third kappa shape index (κ3) is 3.42.